The first-order chi connectivity index (χ1) is 7.11. The van der Waals surface area contributed by atoms with Crippen LogP contribution in [0, 0.1) is 0 Å². The fraction of sp³-hybridized carbons (Fsp3) is 1.00. The Morgan fingerprint density at radius 2 is 1.93 bits per heavy atom. The molecule has 0 spiro atoms. The maximum atomic E-state index is 5.68. The van der Waals surface area contributed by atoms with E-state index in [1.54, 1.807) is 0 Å². The maximum absolute atomic E-state index is 5.68. The third kappa shape index (κ3) is 4.96. The molecule has 1 aliphatic rings. The third-order valence-corrected chi connectivity index (χ3v) is 2.88. The molecule has 3 heteroatoms. The van der Waals surface area contributed by atoms with Crippen LogP contribution in [0.4, 0.5) is 0 Å². The summed E-state index contributed by atoms with van der Waals surface area (Å²) < 4.78 is 11.4. The summed E-state index contributed by atoms with van der Waals surface area (Å²) in [6, 6.07) is 0. The largest absolute Gasteiger partial charge is 0.377 e. The summed E-state index contributed by atoms with van der Waals surface area (Å²) in [6.45, 7) is 12.5. The van der Waals surface area contributed by atoms with Gasteiger partial charge in [0.1, 0.15) is 0 Å². The standard InChI is InChI=1S/C12H25NO2/c1-5-10(2)14-7-6-13-8-11(3)15-12(4)9-13/h10-12H,5-9H2,1-4H3. The molecular formula is C12H25NO2. The van der Waals surface area contributed by atoms with Gasteiger partial charge in [0, 0.05) is 19.6 Å². The van der Waals surface area contributed by atoms with Gasteiger partial charge in [-0.1, -0.05) is 6.92 Å². The molecule has 15 heavy (non-hydrogen) atoms. The Morgan fingerprint density at radius 1 is 1.33 bits per heavy atom. The lowest BCUT2D eigenvalue weighted by molar-refractivity contribution is -0.0755. The first kappa shape index (κ1) is 12.9. The van der Waals surface area contributed by atoms with Crippen molar-refractivity contribution >= 4 is 0 Å². The van der Waals surface area contributed by atoms with E-state index in [-0.39, 0.29) is 0 Å². The summed E-state index contributed by atoms with van der Waals surface area (Å²) in [5, 5.41) is 0. The molecule has 1 saturated heterocycles. The van der Waals surface area contributed by atoms with Gasteiger partial charge in [-0.3, -0.25) is 4.90 Å². The normalized spacial score (nSPS) is 30.4. The molecule has 0 N–H and O–H groups in total. The first-order valence-corrected chi connectivity index (χ1v) is 6.11. The molecule has 3 atom stereocenters. The van der Waals surface area contributed by atoms with Crippen molar-refractivity contribution in [2.24, 2.45) is 0 Å². The highest BCUT2D eigenvalue weighted by Gasteiger charge is 2.21. The average Bonchev–Trinajstić information content (AvgIpc) is 2.16. The Morgan fingerprint density at radius 3 is 2.47 bits per heavy atom. The van der Waals surface area contributed by atoms with Crippen molar-refractivity contribution in [1.29, 1.82) is 0 Å². The highest BCUT2D eigenvalue weighted by molar-refractivity contribution is 4.72. The summed E-state index contributed by atoms with van der Waals surface area (Å²) >= 11 is 0. The Kier molecular flexibility index (Phi) is 5.58. The van der Waals surface area contributed by atoms with Crippen LogP contribution in [0.25, 0.3) is 0 Å². The Bertz CT molecular complexity index is 165. The molecule has 0 amide bonds. The van der Waals surface area contributed by atoms with E-state index in [4.69, 9.17) is 9.47 Å². The fourth-order valence-corrected chi connectivity index (χ4v) is 1.97. The summed E-state index contributed by atoms with van der Waals surface area (Å²) in [4.78, 5) is 2.43. The highest BCUT2D eigenvalue weighted by atomic mass is 16.5. The van der Waals surface area contributed by atoms with Crippen molar-refractivity contribution in [3.05, 3.63) is 0 Å². The minimum absolute atomic E-state index is 0.359. The summed E-state index contributed by atoms with van der Waals surface area (Å²) in [5.41, 5.74) is 0. The zero-order valence-corrected chi connectivity index (χ0v) is 10.5. The minimum atomic E-state index is 0.359. The fourth-order valence-electron chi connectivity index (χ4n) is 1.97. The quantitative estimate of drug-likeness (QED) is 0.699. The van der Waals surface area contributed by atoms with Crippen molar-refractivity contribution < 1.29 is 9.47 Å². The molecule has 0 aliphatic carbocycles. The molecule has 1 rings (SSSR count). The molecule has 1 heterocycles. The second kappa shape index (κ2) is 6.46. The van der Waals surface area contributed by atoms with Crippen LogP contribution >= 0.6 is 0 Å². The summed E-state index contributed by atoms with van der Waals surface area (Å²) in [7, 11) is 0. The smallest absolute Gasteiger partial charge is 0.0678 e. The Balaban J connectivity index is 2.15. The van der Waals surface area contributed by atoms with Crippen molar-refractivity contribution in [1.82, 2.24) is 4.90 Å². The highest BCUT2D eigenvalue weighted by Crippen LogP contribution is 2.10. The van der Waals surface area contributed by atoms with Crippen molar-refractivity contribution in [3.63, 3.8) is 0 Å². The van der Waals surface area contributed by atoms with Crippen molar-refractivity contribution in [2.45, 2.75) is 52.4 Å². The molecule has 0 bridgehead atoms. The van der Waals surface area contributed by atoms with Crippen LogP contribution in [0.2, 0.25) is 0 Å². The second-order valence-electron chi connectivity index (χ2n) is 4.61. The van der Waals surface area contributed by atoms with Crippen molar-refractivity contribution in [2.75, 3.05) is 26.2 Å². The van der Waals surface area contributed by atoms with Crippen LogP contribution in [0.1, 0.15) is 34.1 Å². The Hall–Kier alpha value is -0.120. The van der Waals surface area contributed by atoms with E-state index >= 15 is 0 Å². The van der Waals surface area contributed by atoms with E-state index < -0.39 is 0 Å². The number of rotatable bonds is 5. The molecule has 90 valence electrons. The molecule has 0 saturated carbocycles. The molecule has 3 nitrogen and oxygen atoms in total. The van der Waals surface area contributed by atoms with Crippen molar-refractivity contribution in [3.8, 4) is 0 Å². The molecular weight excluding hydrogens is 190 g/mol. The molecule has 1 aliphatic heterocycles. The van der Waals surface area contributed by atoms with E-state index in [1.807, 2.05) is 0 Å². The molecule has 1 fully saturated rings. The van der Waals surface area contributed by atoms with Crippen LogP contribution in [0.15, 0.2) is 0 Å². The van der Waals surface area contributed by atoms with Gasteiger partial charge in [-0.05, 0) is 27.2 Å². The van der Waals surface area contributed by atoms with Gasteiger partial charge in [0.05, 0.1) is 24.9 Å². The second-order valence-corrected chi connectivity index (χ2v) is 4.61. The molecule has 0 aromatic rings. The van der Waals surface area contributed by atoms with E-state index in [2.05, 4.69) is 32.6 Å². The molecule has 0 aromatic carbocycles. The topological polar surface area (TPSA) is 21.7 Å². The number of hydrogen-bond acceptors (Lipinski definition) is 3. The average molecular weight is 215 g/mol. The van der Waals surface area contributed by atoms with E-state index in [1.165, 1.54) is 0 Å². The molecule has 0 radical (unpaired) electrons. The summed E-state index contributed by atoms with van der Waals surface area (Å²) in [6.07, 6.45) is 2.20. The van der Waals surface area contributed by atoms with E-state index in [0.29, 0.717) is 18.3 Å². The first-order valence-electron chi connectivity index (χ1n) is 6.11. The van der Waals surface area contributed by atoms with Gasteiger partial charge in [0.25, 0.3) is 0 Å². The van der Waals surface area contributed by atoms with Gasteiger partial charge in [-0.2, -0.15) is 0 Å². The zero-order chi connectivity index (χ0) is 11.3. The maximum Gasteiger partial charge on any atom is 0.0678 e. The van der Waals surface area contributed by atoms with Crippen LogP contribution in [-0.2, 0) is 9.47 Å². The van der Waals surface area contributed by atoms with Gasteiger partial charge in [-0.25, -0.2) is 0 Å². The van der Waals surface area contributed by atoms with Gasteiger partial charge >= 0.3 is 0 Å². The lowest BCUT2D eigenvalue weighted by atomic mass is 10.2. The van der Waals surface area contributed by atoms with Gasteiger partial charge < -0.3 is 9.47 Å². The minimum Gasteiger partial charge on any atom is -0.377 e. The van der Waals surface area contributed by atoms with Gasteiger partial charge in [-0.15, -0.1) is 0 Å². The molecule has 0 aromatic heterocycles. The predicted molar refractivity (Wildman–Crippen MR) is 62.2 cm³/mol. The number of hydrogen-bond donors (Lipinski definition) is 0. The number of nitrogens with zero attached hydrogens (tertiary/aromatic N) is 1. The molecule has 3 unspecified atom stereocenters. The zero-order valence-electron chi connectivity index (χ0n) is 10.5. The number of ether oxygens (including phenoxy) is 2. The number of morpholine rings is 1. The van der Waals surface area contributed by atoms with Gasteiger partial charge in [0.15, 0.2) is 0 Å². The van der Waals surface area contributed by atoms with Crippen LogP contribution in [-0.4, -0.2) is 49.5 Å². The Labute approximate surface area is 93.7 Å². The van der Waals surface area contributed by atoms with Crippen LogP contribution < -0.4 is 0 Å². The lowest BCUT2D eigenvalue weighted by Gasteiger charge is -2.35. The van der Waals surface area contributed by atoms with Crippen LogP contribution in [0.5, 0.6) is 0 Å². The monoisotopic (exact) mass is 215 g/mol. The van der Waals surface area contributed by atoms with Gasteiger partial charge in [0.2, 0.25) is 0 Å². The van der Waals surface area contributed by atoms with E-state index in [0.717, 1.165) is 32.7 Å². The predicted octanol–water partition coefficient (Wildman–Crippen LogP) is 1.91. The lowest BCUT2D eigenvalue weighted by Crippen LogP contribution is -2.46. The van der Waals surface area contributed by atoms with Crippen LogP contribution in [0.3, 0.4) is 0 Å². The summed E-state index contributed by atoms with van der Waals surface area (Å²) in [5.74, 6) is 0. The van der Waals surface area contributed by atoms with E-state index in [9.17, 15) is 0 Å². The third-order valence-electron chi connectivity index (χ3n) is 2.88. The SMILES string of the molecule is CCC(C)OCCN1CC(C)OC(C)C1.